The Morgan fingerprint density at radius 3 is 2.45 bits per heavy atom. The quantitative estimate of drug-likeness (QED) is 0.468. The number of esters is 1. The van der Waals surface area contributed by atoms with E-state index in [9.17, 15) is 22.8 Å². The maximum Gasteiger partial charge on any atom is 0.316 e. The number of amides is 2. The normalized spacial score (nSPS) is 12.3. The number of hydrogen-bond donors (Lipinski definition) is 2. The lowest BCUT2D eigenvalue weighted by atomic mass is 10.2. The number of anilines is 2. The molecule has 1 aromatic carbocycles. The summed E-state index contributed by atoms with van der Waals surface area (Å²) in [6, 6.07) is 5.93. The number of ether oxygens (including phenoxy) is 1. The smallest absolute Gasteiger partial charge is 0.316 e. The van der Waals surface area contributed by atoms with Gasteiger partial charge in [0, 0.05) is 25.8 Å². The molecule has 0 aliphatic heterocycles. The molecule has 0 radical (unpaired) electrons. The van der Waals surface area contributed by atoms with Crippen molar-refractivity contribution >= 4 is 51.1 Å². The molecule has 1 atom stereocenters. The second-order valence-electron chi connectivity index (χ2n) is 7.25. The van der Waals surface area contributed by atoms with Crippen molar-refractivity contribution in [2.24, 2.45) is 0 Å². The first-order valence-electron chi connectivity index (χ1n) is 9.74. The first kappa shape index (κ1) is 26.4. The van der Waals surface area contributed by atoms with Crippen molar-refractivity contribution in [1.82, 2.24) is 9.46 Å². The van der Waals surface area contributed by atoms with Crippen LogP contribution in [0.2, 0.25) is 0 Å². The second-order valence-corrected chi connectivity index (χ2v) is 10.4. The van der Waals surface area contributed by atoms with E-state index in [4.69, 9.17) is 9.26 Å². The predicted octanol–water partition coefficient (Wildman–Crippen LogP) is 1.78. The zero-order valence-corrected chi connectivity index (χ0v) is 20.5. The number of carbonyl (C=O) groups is 3. The largest absolute Gasteiger partial charge is 0.452 e. The summed E-state index contributed by atoms with van der Waals surface area (Å²) in [5, 5.41) is 8.75. The highest BCUT2D eigenvalue weighted by Gasteiger charge is 2.22. The number of benzene rings is 1. The summed E-state index contributed by atoms with van der Waals surface area (Å²) in [5.74, 6) is -0.982. The predicted molar refractivity (Wildman–Crippen MR) is 123 cm³/mol. The van der Waals surface area contributed by atoms with Crippen LogP contribution in [0.15, 0.2) is 33.7 Å². The molecular formula is C20H26N4O7S2. The van der Waals surface area contributed by atoms with E-state index in [0.717, 1.165) is 16.1 Å². The Balaban J connectivity index is 1.85. The highest BCUT2D eigenvalue weighted by atomic mass is 32.2. The average molecular weight is 499 g/mol. The van der Waals surface area contributed by atoms with Gasteiger partial charge in [0.05, 0.1) is 16.4 Å². The molecular weight excluding hydrogens is 472 g/mol. The van der Waals surface area contributed by atoms with Gasteiger partial charge in [-0.25, -0.2) is 12.7 Å². The van der Waals surface area contributed by atoms with Crippen LogP contribution in [-0.2, 0) is 29.1 Å². The first-order chi connectivity index (χ1) is 15.4. The zero-order valence-electron chi connectivity index (χ0n) is 18.9. The standard InChI is InChI=1S/C20H26N4O7S2/c1-12-6-7-15(33(28,29)24(4)5)9-16(12)21-20(27)14(3)30-19(26)11-32-10-18(25)22-17-8-13(2)31-23-17/h6-9,14H,10-11H2,1-5H3,(H,21,27)(H,22,23,25)/t14-/m1/s1. The molecule has 2 N–H and O–H groups in total. The number of aromatic nitrogens is 1. The molecule has 0 saturated carbocycles. The molecule has 13 heteroatoms. The number of thioether (sulfide) groups is 1. The van der Waals surface area contributed by atoms with Crippen molar-refractivity contribution in [3.63, 3.8) is 0 Å². The fourth-order valence-corrected chi connectivity index (χ4v) is 3.98. The molecule has 180 valence electrons. The minimum atomic E-state index is -3.68. The Morgan fingerprint density at radius 1 is 1.15 bits per heavy atom. The molecule has 33 heavy (non-hydrogen) atoms. The lowest BCUT2D eigenvalue weighted by Crippen LogP contribution is -2.31. The summed E-state index contributed by atoms with van der Waals surface area (Å²) in [6.45, 7) is 4.79. The molecule has 0 unspecified atom stereocenters. The van der Waals surface area contributed by atoms with E-state index >= 15 is 0 Å². The zero-order chi connectivity index (χ0) is 24.8. The molecule has 0 spiro atoms. The lowest BCUT2D eigenvalue weighted by Gasteiger charge is -2.16. The molecule has 11 nitrogen and oxygen atoms in total. The van der Waals surface area contributed by atoms with Crippen molar-refractivity contribution in [2.75, 3.05) is 36.2 Å². The van der Waals surface area contributed by atoms with E-state index < -0.39 is 28.0 Å². The Kier molecular flexibility index (Phi) is 9.02. The van der Waals surface area contributed by atoms with Crippen LogP contribution >= 0.6 is 11.8 Å². The fraction of sp³-hybridized carbons (Fsp3) is 0.400. The van der Waals surface area contributed by atoms with Gasteiger partial charge in [-0.2, -0.15) is 0 Å². The summed E-state index contributed by atoms with van der Waals surface area (Å²) >= 11 is 1.01. The summed E-state index contributed by atoms with van der Waals surface area (Å²) < 4.78 is 35.7. The van der Waals surface area contributed by atoms with Crippen LogP contribution in [0.3, 0.4) is 0 Å². The minimum Gasteiger partial charge on any atom is -0.452 e. The number of carbonyl (C=O) groups excluding carboxylic acids is 3. The molecule has 0 bridgehead atoms. The average Bonchev–Trinajstić information content (AvgIpc) is 3.13. The monoisotopic (exact) mass is 498 g/mol. The van der Waals surface area contributed by atoms with Crippen molar-refractivity contribution in [2.45, 2.75) is 31.8 Å². The summed E-state index contributed by atoms with van der Waals surface area (Å²) in [7, 11) is -0.858. The maximum atomic E-state index is 12.4. The van der Waals surface area contributed by atoms with Gasteiger partial charge >= 0.3 is 5.97 Å². The summed E-state index contributed by atoms with van der Waals surface area (Å²) in [6.07, 6.45) is -1.13. The minimum absolute atomic E-state index is 0.0199. The number of aryl methyl sites for hydroxylation is 2. The van der Waals surface area contributed by atoms with Gasteiger partial charge in [0.25, 0.3) is 5.91 Å². The maximum absolute atomic E-state index is 12.4. The van der Waals surface area contributed by atoms with Crippen molar-refractivity contribution in [3.8, 4) is 0 Å². The van der Waals surface area contributed by atoms with Gasteiger partial charge in [0.1, 0.15) is 5.76 Å². The number of nitrogens with one attached hydrogen (secondary N) is 2. The molecule has 2 amide bonds. The van der Waals surface area contributed by atoms with Crippen LogP contribution in [0.5, 0.6) is 0 Å². The highest BCUT2D eigenvalue weighted by molar-refractivity contribution is 8.00. The fourth-order valence-electron chi connectivity index (χ4n) is 2.46. The van der Waals surface area contributed by atoms with Crippen molar-refractivity contribution in [1.29, 1.82) is 0 Å². The van der Waals surface area contributed by atoms with E-state index in [1.807, 2.05) is 0 Å². The third-order valence-electron chi connectivity index (χ3n) is 4.27. The van der Waals surface area contributed by atoms with Crippen LogP contribution in [0.1, 0.15) is 18.2 Å². The van der Waals surface area contributed by atoms with E-state index in [1.165, 1.54) is 33.2 Å². The van der Waals surface area contributed by atoms with E-state index in [1.54, 1.807) is 26.0 Å². The highest BCUT2D eigenvalue weighted by Crippen LogP contribution is 2.22. The topological polar surface area (TPSA) is 148 Å². The molecule has 2 rings (SSSR count). The first-order valence-corrected chi connectivity index (χ1v) is 12.3. The van der Waals surface area contributed by atoms with E-state index in [0.29, 0.717) is 17.0 Å². The van der Waals surface area contributed by atoms with Gasteiger partial charge in [-0.3, -0.25) is 14.4 Å². The van der Waals surface area contributed by atoms with Crippen molar-refractivity contribution in [3.05, 3.63) is 35.6 Å². The number of hydrogen-bond acceptors (Lipinski definition) is 9. The van der Waals surface area contributed by atoms with Crippen LogP contribution in [0.4, 0.5) is 11.5 Å². The van der Waals surface area contributed by atoms with Gasteiger partial charge in [-0.15, -0.1) is 11.8 Å². The summed E-state index contributed by atoms with van der Waals surface area (Å²) in [4.78, 5) is 36.3. The van der Waals surface area contributed by atoms with Gasteiger partial charge < -0.3 is 19.9 Å². The van der Waals surface area contributed by atoms with E-state index in [2.05, 4.69) is 15.8 Å². The van der Waals surface area contributed by atoms with Crippen LogP contribution in [0, 0.1) is 13.8 Å². The molecule has 0 saturated heterocycles. The Hall–Kier alpha value is -2.90. The molecule has 0 aliphatic rings. The van der Waals surface area contributed by atoms with Gasteiger partial charge in [-0.1, -0.05) is 11.2 Å². The van der Waals surface area contributed by atoms with Gasteiger partial charge in [0.15, 0.2) is 11.9 Å². The molecule has 2 aromatic rings. The molecule has 1 heterocycles. The molecule has 1 aromatic heterocycles. The SMILES string of the molecule is Cc1cc(NC(=O)CSCC(=O)O[C@H](C)C(=O)Nc2cc(S(=O)(=O)N(C)C)ccc2C)no1. The third-order valence-corrected chi connectivity index (χ3v) is 6.99. The Labute approximate surface area is 196 Å². The third kappa shape index (κ3) is 7.58. The lowest BCUT2D eigenvalue weighted by molar-refractivity contribution is -0.150. The van der Waals surface area contributed by atoms with Crippen molar-refractivity contribution < 1.29 is 32.1 Å². The van der Waals surface area contributed by atoms with Crippen LogP contribution < -0.4 is 10.6 Å². The van der Waals surface area contributed by atoms with Gasteiger partial charge in [-0.05, 0) is 38.5 Å². The molecule has 0 aliphatic carbocycles. The van der Waals surface area contributed by atoms with E-state index in [-0.39, 0.29) is 28.1 Å². The van der Waals surface area contributed by atoms with Crippen LogP contribution in [0.25, 0.3) is 0 Å². The molecule has 0 fully saturated rings. The Morgan fingerprint density at radius 2 is 1.85 bits per heavy atom. The second kappa shape index (κ2) is 11.3. The Bertz CT molecular complexity index is 1130. The number of sulfonamides is 1. The van der Waals surface area contributed by atoms with Gasteiger partial charge in [0.2, 0.25) is 15.9 Å². The summed E-state index contributed by atoms with van der Waals surface area (Å²) in [5.41, 5.74) is 0.934. The van der Waals surface area contributed by atoms with Crippen LogP contribution in [-0.4, -0.2) is 67.4 Å². The number of nitrogens with zero attached hydrogens (tertiary/aromatic N) is 2. The number of rotatable bonds is 10.